The van der Waals surface area contributed by atoms with E-state index in [9.17, 15) is 9.59 Å². The molecule has 0 unspecified atom stereocenters. The van der Waals surface area contributed by atoms with Gasteiger partial charge in [-0.25, -0.2) is 0 Å². The molecular weight excluding hydrogens is 294 g/mol. The van der Waals surface area contributed by atoms with E-state index in [0.29, 0.717) is 11.3 Å². The number of fused-ring (bicyclic) bond motifs is 1. The summed E-state index contributed by atoms with van der Waals surface area (Å²) < 4.78 is 5.62. The van der Waals surface area contributed by atoms with Gasteiger partial charge in [-0.3, -0.25) is 9.59 Å². The van der Waals surface area contributed by atoms with Crippen LogP contribution in [-0.4, -0.2) is 37.4 Å². The Morgan fingerprint density at radius 1 is 1.30 bits per heavy atom. The highest BCUT2D eigenvalue weighted by atomic mass is 16.3. The molecule has 1 atom stereocenters. The molecule has 1 aliphatic rings. The molecule has 0 spiro atoms. The standard InChI is InChI=1S/C17H19N3O3/c1-11-8-9-23-15(11)16-19(3)17(22)12-6-4-5-7-13(12)20(16)10-14(21)18-2/h4-9,16H,10H2,1-3H3,(H,18,21)/t16-/m1/s1. The maximum Gasteiger partial charge on any atom is 0.257 e. The first kappa shape index (κ1) is 15.1. The fraction of sp³-hybridized carbons (Fsp3) is 0.294. The molecule has 0 saturated heterocycles. The number of amides is 2. The fourth-order valence-corrected chi connectivity index (χ4v) is 2.92. The predicted octanol–water partition coefficient (Wildman–Crippen LogP) is 1.92. The van der Waals surface area contributed by atoms with Crippen molar-refractivity contribution in [1.82, 2.24) is 10.2 Å². The van der Waals surface area contributed by atoms with Crippen molar-refractivity contribution in [3.63, 3.8) is 0 Å². The number of aryl methyl sites for hydroxylation is 1. The van der Waals surface area contributed by atoms with Crippen molar-refractivity contribution < 1.29 is 14.0 Å². The van der Waals surface area contributed by atoms with Crippen LogP contribution in [0, 0.1) is 6.92 Å². The van der Waals surface area contributed by atoms with Crippen LogP contribution in [0.2, 0.25) is 0 Å². The van der Waals surface area contributed by atoms with Gasteiger partial charge >= 0.3 is 0 Å². The smallest absolute Gasteiger partial charge is 0.257 e. The number of nitrogens with zero attached hydrogens (tertiary/aromatic N) is 2. The maximum absolute atomic E-state index is 12.7. The van der Waals surface area contributed by atoms with Gasteiger partial charge in [0.25, 0.3) is 5.91 Å². The van der Waals surface area contributed by atoms with E-state index in [-0.39, 0.29) is 18.4 Å². The van der Waals surface area contributed by atoms with Crippen molar-refractivity contribution in [3.8, 4) is 0 Å². The molecule has 2 aromatic rings. The van der Waals surface area contributed by atoms with Gasteiger partial charge in [-0.2, -0.15) is 0 Å². The summed E-state index contributed by atoms with van der Waals surface area (Å²) in [5.74, 6) is 0.450. The van der Waals surface area contributed by atoms with E-state index in [1.165, 1.54) is 0 Å². The van der Waals surface area contributed by atoms with E-state index in [1.807, 2.05) is 36.1 Å². The first-order valence-electron chi connectivity index (χ1n) is 7.42. The van der Waals surface area contributed by atoms with Crippen LogP contribution in [0.3, 0.4) is 0 Å². The minimum atomic E-state index is -0.454. The van der Waals surface area contributed by atoms with Crippen molar-refractivity contribution in [3.05, 3.63) is 53.5 Å². The molecule has 0 saturated carbocycles. The Morgan fingerprint density at radius 2 is 2.04 bits per heavy atom. The lowest BCUT2D eigenvalue weighted by molar-refractivity contribution is -0.119. The Kier molecular flexibility index (Phi) is 3.82. The molecule has 23 heavy (non-hydrogen) atoms. The first-order valence-corrected chi connectivity index (χ1v) is 7.42. The number of carbonyl (C=O) groups is 2. The van der Waals surface area contributed by atoms with Gasteiger partial charge in [-0.1, -0.05) is 12.1 Å². The molecule has 0 aliphatic carbocycles. The van der Waals surface area contributed by atoms with E-state index < -0.39 is 6.17 Å². The van der Waals surface area contributed by atoms with Crippen LogP contribution in [0.5, 0.6) is 0 Å². The number of para-hydroxylation sites is 1. The summed E-state index contributed by atoms with van der Waals surface area (Å²) in [4.78, 5) is 28.2. The highest BCUT2D eigenvalue weighted by Gasteiger charge is 2.39. The summed E-state index contributed by atoms with van der Waals surface area (Å²) in [6, 6.07) is 9.17. The number of likely N-dealkylation sites (N-methyl/N-ethyl adjacent to an activating group) is 1. The largest absolute Gasteiger partial charge is 0.465 e. The lowest BCUT2D eigenvalue weighted by Gasteiger charge is -2.42. The maximum atomic E-state index is 12.7. The number of anilines is 1. The van der Waals surface area contributed by atoms with Crippen LogP contribution in [0.1, 0.15) is 27.8 Å². The average molecular weight is 313 g/mol. The molecule has 1 aromatic carbocycles. The van der Waals surface area contributed by atoms with Gasteiger partial charge in [0, 0.05) is 14.1 Å². The van der Waals surface area contributed by atoms with E-state index in [0.717, 1.165) is 11.3 Å². The Balaban J connectivity index is 2.14. The number of hydrogen-bond donors (Lipinski definition) is 1. The molecule has 3 rings (SSSR count). The van der Waals surface area contributed by atoms with Gasteiger partial charge in [-0.05, 0) is 30.7 Å². The Bertz CT molecular complexity index is 753. The molecule has 1 aromatic heterocycles. The minimum absolute atomic E-state index is 0.0884. The number of furan rings is 1. The number of carbonyl (C=O) groups excluding carboxylic acids is 2. The molecule has 0 radical (unpaired) electrons. The quantitative estimate of drug-likeness (QED) is 0.940. The van der Waals surface area contributed by atoms with E-state index >= 15 is 0 Å². The molecule has 1 N–H and O–H groups in total. The summed E-state index contributed by atoms with van der Waals surface area (Å²) in [6.07, 6.45) is 1.14. The minimum Gasteiger partial charge on any atom is -0.465 e. The topological polar surface area (TPSA) is 65.8 Å². The number of rotatable bonds is 3. The summed E-state index contributed by atoms with van der Waals surface area (Å²) in [6.45, 7) is 2.06. The average Bonchev–Trinajstić information content (AvgIpc) is 2.98. The molecule has 0 bridgehead atoms. The van der Waals surface area contributed by atoms with Gasteiger partial charge in [0.1, 0.15) is 5.76 Å². The molecule has 0 fully saturated rings. The molecule has 2 heterocycles. The lowest BCUT2D eigenvalue weighted by atomic mass is 10.0. The molecule has 6 nitrogen and oxygen atoms in total. The zero-order valence-electron chi connectivity index (χ0n) is 13.4. The second-order valence-corrected chi connectivity index (χ2v) is 5.58. The highest BCUT2D eigenvalue weighted by Crippen LogP contribution is 2.38. The number of nitrogens with one attached hydrogen (secondary N) is 1. The zero-order chi connectivity index (χ0) is 16.6. The van der Waals surface area contributed by atoms with Gasteiger partial charge in [0.2, 0.25) is 5.91 Å². The third kappa shape index (κ3) is 2.46. The normalized spacial score (nSPS) is 17.2. The molecule has 2 amide bonds. The zero-order valence-corrected chi connectivity index (χ0v) is 13.4. The van der Waals surface area contributed by atoms with E-state index in [1.54, 1.807) is 31.3 Å². The van der Waals surface area contributed by atoms with Gasteiger partial charge in [0.15, 0.2) is 6.17 Å². The lowest BCUT2D eigenvalue weighted by Crippen LogP contribution is -2.50. The molecular formula is C17H19N3O3. The molecule has 120 valence electrons. The van der Waals surface area contributed by atoms with Crippen LogP contribution in [0.15, 0.2) is 41.0 Å². The van der Waals surface area contributed by atoms with Gasteiger partial charge in [-0.15, -0.1) is 0 Å². The van der Waals surface area contributed by atoms with Crippen LogP contribution in [0.4, 0.5) is 5.69 Å². The van der Waals surface area contributed by atoms with Crippen LogP contribution < -0.4 is 10.2 Å². The summed E-state index contributed by atoms with van der Waals surface area (Å²) >= 11 is 0. The first-order chi connectivity index (χ1) is 11.0. The molecule has 6 heteroatoms. The van der Waals surface area contributed by atoms with Gasteiger partial charge in [0.05, 0.1) is 24.1 Å². The summed E-state index contributed by atoms with van der Waals surface area (Å²) in [5, 5.41) is 2.63. The summed E-state index contributed by atoms with van der Waals surface area (Å²) in [7, 11) is 3.32. The molecule has 1 aliphatic heterocycles. The number of hydrogen-bond acceptors (Lipinski definition) is 4. The third-order valence-electron chi connectivity index (χ3n) is 4.16. The van der Waals surface area contributed by atoms with Crippen LogP contribution in [0.25, 0.3) is 0 Å². The van der Waals surface area contributed by atoms with Crippen molar-refractivity contribution in [2.75, 3.05) is 25.5 Å². The SMILES string of the molecule is CNC(=O)CN1c2ccccc2C(=O)N(C)[C@H]1c1occc1C. The van der Waals surface area contributed by atoms with E-state index in [4.69, 9.17) is 4.42 Å². The van der Waals surface area contributed by atoms with Gasteiger partial charge < -0.3 is 19.5 Å². The fourth-order valence-electron chi connectivity index (χ4n) is 2.92. The Labute approximate surface area is 134 Å². The Morgan fingerprint density at radius 3 is 2.70 bits per heavy atom. The second-order valence-electron chi connectivity index (χ2n) is 5.58. The van der Waals surface area contributed by atoms with E-state index in [2.05, 4.69) is 5.32 Å². The van der Waals surface area contributed by atoms with Crippen molar-refractivity contribution in [1.29, 1.82) is 0 Å². The van der Waals surface area contributed by atoms with Crippen molar-refractivity contribution in [2.24, 2.45) is 0 Å². The van der Waals surface area contributed by atoms with Crippen molar-refractivity contribution >= 4 is 17.5 Å². The summed E-state index contributed by atoms with van der Waals surface area (Å²) in [5.41, 5.74) is 2.26. The van der Waals surface area contributed by atoms with Crippen molar-refractivity contribution in [2.45, 2.75) is 13.1 Å². The third-order valence-corrected chi connectivity index (χ3v) is 4.16. The van der Waals surface area contributed by atoms with Crippen LogP contribution in [-0.2, 0) is 4.79 Å². The predicted molar refractivity (Wildman–Crippen MR) is 86.1 cm³/mol. The second kappa shape index (κ2) is 5.79. The number of benzene rings is 1. The monoisotopic (exact) mass is 313 g/mol. The Hall–Kier alpha value is -2.76. The van der Waals surface area contributed by atoms with Crippen LogP contribution >= 0.6 is 0 Å². The highest BCUT2D eigenvalue weighted by molar-refractivity contribution is 6.02.